The quantitative estimate of drug-likeness (QED) is 0.210. The van der Waals surface area contributed by atoms with Crippen LogP contribution in [0.15, 0.2) is 22.6 Å². The SMILES string of the molecule is CC/C(C)=C\C[C@H](OC(=O)C[C@H](O)C(C)(C)[C@H](O)[C@H](C)[C@@H](C)[C@@H](C)CC)/C(C)=C/c1csc(C)n1. The lowest BCUT2D eigenvalue weighted by molar-refractivity contribution is -0.154. The van der Waals surface area contributed by atoms with Crippen LogP contribution in [0.25, 0.3) is 6.08 Å². The Bertz CT molecular complexity index is 857. The number of hydrogen-bond acceptors (Lipinski definition) is 6. The summed E-state index contributed by atoms with van der Waals surface area (Å²) in [5, 5.41) is 25.1. The average molecular weight is 508 g/mol. The van der Waals surface area contributed by atoms with Crippen LogP contribution in [-0.4, -0.2) is 39.5 Å². The lowest BCUT2D eigenvalue weighted by Crippen LogP contribution is -2.47. The molecule has 0 aliphatic heterocycles. The molecule has 5 nitrogen and oxygen atoms in total. The molecule has 0 amide bonds. The molecular formula is C29H49NO4S. The first-order valence-electron chi connectivity index (χ1n) is 13.1. The van der Waals surface area contributed by atoms with Crippen LogP contribution in [0.5, 0.6) is 0 Å². The van der Waals surface area contributed by atoms with E-state index >= 15 is 0 Å². The largest absolute Gasteiger partial charge is 0.457 e. The van der Waals surface area contributed by atoms with Gasteiger partial charge in [-0.1, -0.05) is 66.5 Å². The summed E-state index contributed by atoms with van der Waals surface area (Å²) < 4.78 is 5.88. The van der Waals surface area contributed by atoms with Crippen LogP contribution >= 0.6 is 11.3 Å². The van der Waals surface area contributed by atoms with E-state index in [0.29, 0.717) is 18.3 Å². The molecule has 2 N–H and O–H groups in total. The van der Waals surface area contributed by atoms with E-state index < -0.39 is 29.7 Å². The summed E-state index contributed by atoms with van der Waals surface area (Å²) in [5.74, 6) is 0.296. The summed E-state index contributed by atoms with van der Waals surface area (Å²) in [6, 6.07) is 0. The molecule has 1 heterocycles. The highest BCUT2D eigenvalue weighted by Crippen LogP contribution is 2.37. The van der Waals surface area contributed by atoms with Gasteiger partial charge in [-0.05, 0) is 56.6 Å². The van der Waals surface area contributed by atoms with Crippen molar-refractivity contribution < 1.29 is 19.7 Å². The van der Waals surface area contributed by atoms with Gasteiger partial charge in [-0.15, -0.1) is 11.3 Å². The molecule has 0 aliphatic carbocycles. The molecular weight excluding hydrogens is 458 g/mol. The summed E-state index contributed by atoms with van der Waals surface area (Å²) in [6.45, 7) is 20.2. The van der Waals surface area contributed by atoms with Crippen molar-refractivity contribution in [2.24, 2.45) is 23.2 Å². The van der Waals surface area contributed by atoms with Crippen LogP contribution in [0.4, 0.5) is 0 Å². The van der Waals surface area contributed by atoms with Crippen molar-refractivity contribution in [1.29, 1.82) is 0 Å². The number of nitrogens with zero attached hydrogens (tertiary/aromatic N) is 1. The fourth-order valence-electron chi connectivity index (χ4n) is 4.23. The van der Waals surface area contributed by atoms with E-state index in [1.807, 2.05) is 46.1 Å². The fourth-order valence-corrected chi connectivity index (χ4v) is 4.80. The zero-order valence-corrected chi connectivity index (χ0v) is 24.4. The minimum atomic E-state index is -1.02. The number of thiazole rings is 1. The van der Waals surface area contributed by atoms with Crippen molar-refractivity contribution in [2.75, 3.05) is 0 Å². The van der Waals surface area contributed by atoms with E-state index in [-0.39, 0.29) is 12.3 Å². The maximum Gasteiger partial charge on any atom is 0.309 e. The van der Waals surface area contributed by atoms with Crippen LogP contribution in [-0.2, 0) is 9.53 Å². The van der Waals surface area contributed by atoms with Gasteiger partial charge in [0, 0.05) is 17.2 Å². The number of aliphatic hydroxyl groups is 2. The minimum absolute atomic E-state index is 0.00716. The number of allylic oxidation sites excluding steroid dienone is 1. The highest BCUT2D eigenvalue weighted by Gasteiger charge is 2.41. The Morgan fingerprint density at radius 1 is 1.17 bits per heavy atom. The number of hydrogen-bond donors (Lipinski definition) is 2. The first-order valence-corrected chi connectivity index (χ1v) is 13.9. The smallest absolute Gasteiger partial charge is 0.309 e. The molecule has 200 valence electrons. The zero-order chi connectivity index (χ0) is 26.9. The third-order valence-corrected chi connectivity index (χ3v) is 8.67. The number of esters is 1. The Kier molecular flexibility index (Phi) is 12.9. The molecule has 0 saturated heterocycles. The third kappa shape index (κ3) is 9.47. The van der Waals surface area contributed by atoms with E-state index in [1.54, 1.807) is 11.3 Å². The molecule has 0 radical (unpaired) electrons. The van der Waals surface area contributed by atoms with Crippen molar-refractivity contribution in [3.63, 3.8) is 0 Å². The zero-order valence-electron chi connectivity index (χ0n) is 23.6. The summed E-state index contributed by atoms with van der Waals surface area (Å²) >= 11 is 1.58. The maximum absolute atomic E-state index is 12.9. The second-order valence-corrected chi connectivity index (χ2v) is 12.0. The van der Waals surface area contributed by atoms with Gasteiger partial charge in [-0.2, -0.15) is 0 Å². The molecule has 6 heteroatoms. The molecule has 0 aliphatic rings. The Balaban J connectivity index is 2.97. The van der Waals surface area contributed by atoms with Gasteiger partial charge >= 0.3 is 5.97 Å². The normalized spacial score (nSPS) is 18.5. The molecule has 0 fully saturated rings. The Hall–Kier alpha value is -1.50. The van der Waals surface area contributed by atoms with Gasteiger partial charge in [-0.25, -0.2) is 4.98 Å². The van der Waals surface area contributed by atoms with Crippen molar-refractivity contribution in [3.8, 4) is 0 Å². The molecule has 35 heavy (non-hydrogen) atoms. The topological polar surface area (TPSA) is 79.7 Å². The first-order chi connectivity index (χ1) is 16.2. The molecule has 1 aromatic rings. The van der Waals surface area contributed by atoms with E-state index in [9.17, 15) is 15.0 Å². The van der Waals surface area contributed by atoms with Gasteiger partial charge in [0.25, 0.3) is 0 Å². The third-order valence-electron chi connectivity index (χ3n) is 7.88. The first kappa shape index (κ1) is 31.5. The van der Waals surface area contributed by atoms with Crippen molar-refractivity contribution in [2.45, 2.75) is 113 Å². The number of ether oxygens (including phenoxy) is 1. The summed E-state index contributed by atoms with van der Waals surface area (Å²) in [6.07, 6.45) is 4.25. The Labute approximate surface area is 217 Å². The van der Waals surface area contributed by atoms with Gasteiger partial charge in [0.15, 0.2) is 0 Å². The second kappa shape index (κ2) is 14.3. The molecule has 1 aromatic heterocycles. The molecule has 0 unspecified atom stereocenters. The number of rotatable bonds is 14. The lowest BCUT2D eigenvalue weighted by atomic mass is 9.69. The van der Waals surface area contributed by atoms with Gasteiger partial charge in [0.2, 0.25) is 0 Å². The maximum atomic E-state index is 12.9. The predicted molar refractivity (Wildman–Crippen MR) is 147 cm³/mol. The summed E-state index contributed by atoms with van der Waals surface area (Å²) in [5.41, 5.74) is 2.15. The van der Waals surface area contributed by atoms with Gasteiger partial charge < -0.3 is 14.9 Å². The van der Waals surface area contributed by atoms with Gasteiger partial charge in [-0.3, -0.25) is 4.79 Å². The van der Waals surface area contributed by atoms with E-state index in [0.717, 1.165) is 29.1 Å². The van der Waals surface area contributed by atoms with Crippen LogP contribution in [0.2, 0.25) is 0 Å². The fraction of sp³-hybridized carbons (Fsp3) is 0.724. The Morgan fingerprint density at radius 3 is 2.31 bits per heavy atom. The number of aromatic nitrogens is 1. The van der Waals surface area contributed by atoms with E-state index in [1.165, 1.54) is 5.57 Å². The monoisotopic (exact) mass is 507 g/mol. The van der Waals surface area contributed by atoms with Crippen molar-refractivity contribution >= 4 is 23.4 Å². The summed E-state index contributed by atoms with van der Waals surface area (Å²) in [7, 11) is 0. The Morgan fingerprint density at radius 2 is 1.80 bits per heavy atom. The standard InChI is InChI=1S/C29H49NO4S/c1-11-18(3)13-14-25(20(5)15-24-17-35-23(8)30-24)34-27(32)16-26(31)29(9,10)28(33)22(7)21(6)19(4)12-2/h13,15,17,19,21-22,25-26,28,31,33H,11-12,14,16H2,1-10H3/b18-13-,20-15+/t19-,21-,22+,25-,26-,28+/m0/s1. The average Bonchev–Trinajstić information content (AvgIpc) is 3.23. The van der Waals surface area contributed by atoms with Crippen LogP contribution in [0.3, 0.4) is 0 Å². The molecule has 6 atom stereocenters. The number of aliphatic hydroxyl groups excluding tert-OH is 2. The molecule has 0 bridgehead atoms. The molecule has 0 aromatic carbocycles. The summed E-state index contributed by atoms with van der Waals surface area (Å²) in [4.78, 5) is 17.4. The molecule has 0 spiro atoms. The number of carbonyl (C=O) groups is 1. The lowest BCUT2D eigenvalue weighted by Gasteiger charge is -2.41. The van der Waals surface area contributed by atoms with Gasteiger partial charge in [0.1, 0.15) is 6.10 Å². The minimum Gasteiger partial charge on any atom is -0.457 e. The van der Waals surface area contributed by atoms with E-state index in [4.69, 9.17) is 4.74 Å². The second-order valence-electron chi connectivity index (χ2n) is 10.9. The van der Waals surface area contributed by atoms with Crippen molar-refractivity contribution in [1.82, 2.24) is 4.98 Å². The number of aryl methyl sites for hydroxylation is 1. The number of carbonyl (C=O) groups excluding carboxylic acids is 1. The highest BCUT2D eigenvalue weighted by molar-refractivity contribution is 7.09. The highest BCUT2D eigenvalue weighted by atomic mass is 32.1. The molecule has 1 rings (SSSR count). The van der Waals surface area contributed by atoms with E-state index in [2.05, 4.69) is 45.7 Å². The van der Waals surface area contributed by atoms with Crippen LogP contribution in [0, 0.1) is 30.1 Å². The van der Waals surface area contributed by atoms with Gasteiger partial charge in [0.05, 0.1) is 29.3 Å². The van der Waals surface area contributed by atoms with Crippen molar-refractivity contribution in [3.05, 3.63) is 33.3 Å². The molecule has 0 saturated carbocycles. The predicted octanol–water partition coefficient (Wildman–Crippen LogP) is 6.97. The van der Waals surface area contributed by atoms with Crippen LogP contribution < -0.4 is 0 Å². The van der Waals surface area contributed by atoms with Crippen LogP contribution in [0.1, 0.15) is 98.7 Å².